The Kier molecular flexibility index (Phi) is 5.83. The lowest BCUT2D eigenvalue weighted by atomic mass is 10.0. The van der Waals surface area contributed by atoms with Crippen molar-refractivity contribution in [1.29, 1.82) is 0 Å². The van der Waals surface area contributed by atoms with E-state index in [2.05, 4.69) is 4.72 Å². The maximum atomic E-state index is 13.0. The fourth-order valence-electron chi connectivity index (χ4n) is 3.25. The summed E-state index contributed by atoms with van der Waals surface area (Å²) in [7, 11) is -3.70. The van der Waals surface area contributed by atoms with Crippen molar-refractivity contribution in [2.24, 2.45) is 0 Å². The molecule has 144 valence electrons. The SMILES string of the molecule is CCCn1c(=O)sc2cc(S(=O)(=O)NC(CC)c3ccccc3C)ccc21. The molecule has 27 heavy (non-hydrogen) atoms. The van der Waals surface area contributed by atoms with Crippen molar-refractivity contribution >= 4 is 31.6 Å². The summed E-state index contributed by atoms with van der Waals surface area (Å²) in [5.74, 6) is 0. The quantitative estimate of drug-likeness (QED) is 0.641. The molecule has 0 aliphatic heterocycles. The van der Waals surface area contributed by atoms with Crippen molar-refractivity contribution < 1.29 is 8.42 Å². The second-order valence-corrected chi connectivity index (χ2v) is 9.30. The summed E-state index contributed by atoms with van der Waals surface area (Å²) < 4.78 is 31.1. The fraction of sp³-hybridized carbons (Fsp3) is 0.350. The molecule has 0 spiro atoms. The van der Waals surface area contributed by atoms with Gasteiger partial charge in [-0.1, -0.05) is 49.4 Å². The van der Waals surface area contributed by atoms with Crippen molar-refractivity contribution in [3.63, 3.8) is 0 Å². The molecular weight excluding hydrogens is 380 g/mol. The minimum atomic E-state index is -3.70. The zero-order valence-electron chi connectivity index (χ0n) is 15.7. The van der Waals surface area contributed by atoms with Gasteiger partial charge in [0.1, 0.15) is 0 Å². The number of rotatable bonds is 7. The van der Waals surface area contributed by atoms with E-state index in [0.717, 1.165) is 34.4 Å². The van der Waals surface area contributed by atoms with Crippen molar-refractivity contribution in [3.8, 4) is 0 Å². The first kappa shape index (κ1) is 19.8. The van der Waals surface area contributed by atoms with E-state index in [4.69, 9.17) is 0 Å². The Morgan fingerprint density at radius 1 is 1.15 bits per heavy atom. The Morgan fingerprint density at radius 3 is 2.56 bits per heavy atom. The van der Waals surface area contributed by atoms with Crippen LogP contribution >= 0.6 is 11.3 Å². The van der Waals surface area contributed by atoms with Crippen LogP contribution in [-0.4, -0.2) is 13.0 Å². The molecule has 0 bridgehead atoms. The third-order valence-electron chi connectivity index (χ3n) is 4.67. The molecule has 3 rings (SSSR count). The maximum Gasteiger partial charge on any atom is 0.308 e. The van der Waals surface area contributed by atoms with Crippen LogP contribution in [0.3, 0.4) is 0 Å². The lowest BCUT2D eigenvalue weighted by Crippen LogP contribution is -2.28. The van der Waals surface area contributed by atoms with Crippen LogP contribution in [0.2, 0.25) is 0 Å². The number of hydrogen-bond acceptors (Lipinski definition) is 4. The summed E-state index contributed by atoms with van der Waals surface area (Å²) >= 11 is 1.09. The number of aryl methyl sites for hydroxylation is 2. The number of hydrogen-bond donors (Lipinski definition) is 1. The monoisotopic (exact) mass is 404 g/mol. The first-order valence-electron chi connectivity index (χ1n) is 9.08. The Balaban J connectivity index is 1.97. The van der Waals surface area contributed by atoms with Crippen LogP contribution in [0, 0.1) is 6.92 Å². The smallest absolute Gasteiger partial charge is 0.299 e. The van der Waals surface area contributed by atoms with Crippen molar-refractivity contribution in [2.45, 2.75) is 51.1 Å². The lowest BCUT2D eigenvalue weighted by molar-refractivity contribution is 0.549. The van der Waals surface area contributed by atoms with Crippen LogP contribution in [0.1, 0.15) is 43.9 Å². The molecule has 0 aliphatic carbocycles. The molecule has 1 heterocycles. The van der Waals surface area contributed by atoms with Crippen LogP contribution in [0.15, 0.2) is 52.2 Å². The van der Waals surface area contributed by atoms with Crippen molar-refractivity contribution in [2.75, 3.05) is 0 Å². The van der Waals surface area contributed by atoms with Crippen LogP contribution in [0.4, 0.5) is 0 Å². The largest absolute Gasteiger partial charge is 0.308 e. The summed E-state index contributed by atoms with van der Waals surface area (Å²) in [4.78, 5) is 12.3. The van der Waals surface area contributed by atoms with Gasteiger partial charge in [0.2, 0.25) is 10.0 Å². The van der Waals surface area contributed by atoms with Gasteiger partial charge in [-0.05, 0) is 49.1 Å². The predicted molar refractivity (Wildman–Crippen MR) is 111 cm³/mol. The molecule has 1 atom stereocenters. The van der Waals surface area contributed by atoms with Crippen LogP contribution in [-0.2, 0) is 16.6 Å². The second-order valence-electron chi connectivity index (χ2n) is 6.59. The van der Waals surface area contributed by atoms with E-state index < -0.39 is 10.0 Å². The number of fused-ring (bicyclic) bond motifs is 1. The van der Waals surface area contributed by atoms with Gasteiger partial charge in [0, 0.05) is 12.6 Å². The third kappa shape index (κ3) is 4.00. The molecule has 0 aliphatic rings. The first-order valence-corrected chi connectivity index (χ1v) is 11.4. The summed E-state index contributed by atoms with van der Waals surface area (Å²) in [6, 6.07) is 12.4. The highest BCUT2D eigenvalue weighted by Gasteiger charge is 2.22. The molecule has 3 aromatic rings. The maximum absolute atomic E-state index is 13.0. The number of sulfonamides is 1. The zero-order chi connectivity index (χ0) is 19.6. The number of nitrogens with zero attached hydrogens (tertiary/aromatic N) is 1. The van der Waals surface area contributed by atoms with Gasteiger partial charge in [0.25, 0.3) is 0 Å². The Hall–Kier alpha value is -1.96. The molecular formula is C20H24N2O3S2. The highest BCUT2D eigenvalue weighted by atomic mass is 32.2. The average Bonchev–Trinajstić information content (AvgIpc) is 2.95. The van der Waals surface area contributed by atoms with E-state index in [-0.39, 0.29) is 15.8 Å². The van der Waals surface area contributed by atoms with E-state index in [0.29, 0.717) is 17.7 Å². The summed E-state index contributed by atoms with van der Waals surface area (Å²) in [6.07, 6.45) is 1.49. The van der Waals surface area contributed by atoms with Gasteiger partial charge >= 0.3 is 4.87 Å². The van der Waals surface area contributed by atoms with Crippen molar-refractivity contribution in [1.82, 2.24) is 9.29 Å². The molecule has 0 radical (unpaired) electrons. The summed E-state index contributed by atoms with van der Waals surface area (Å²) in [6.45, 7) is 6.58. The average molecular weight is 405 g/mol. The van der Waals surface area contributed by atoms with Crippen LogP contribution < -0.4 is 9.60 Å². The number of benzene rings is 2. The van der Waals surface area contributed by atoms with E-state index in [1.807, 2.05) is 45.0 Å². The van der Waals surface area contributed by atoms with Crippen molar-refractivity contribution in [3.05, 3.63) is 63.3 Å². The first-order chi connectivity index (χ1) is 12.9. The Bertz CT molecular complexity index is 1110. The standard InChI is InChI=1S/C20H24N2O3S2/c1-4-12-22-18-11-10-15(13-19(18)26-20(22)23)27(24,25)21-17(5-2)16-9-7-6-8-14(16)3/h6-11,13,17,21H,4-5,12H2,1-3H3. The molecule has 2 aromatic carbocycles. The molecule has 0 saturated heterocycles. The van der Waals surface area contributed by atoms with Crippen LogP contribution in [0.5, 0.6) is 0 Å². The lowest BCUT2D eigenvalue weighted by Gasteiger charge is -2.19. The van der Waals surface area contributed by atoms with Gasteiger partial charge in [-0.2, -0.15) is 0 Å². The second kappa shape index (κ2) is 7.96. The third-order valence-corrected chi connectivity index (χ3v) is 7.08. The predicted octanol–water partition coefficient (Wildman–Crippen LogP) is 4.21. The highest BCUT2D eigenvalue weighted by Crippen LogP contribution is 2.26. The molecule has 0 fully saturated rings. The van der Waals surface area contributed by atoms with E-state index >= 15 is 0 Å². The molecule has 0 amide bonds. The Labute approximate surface area is 163 Å². The molecule has 0 saturated carbocycles. The summed E-state index contributed by atoms with van der Waals surface area (Å²) in [5.41, 5.74) is 2.82. The number of aromatic nitrogens is 1. The number of nitrogens with one attached hydrogen (secondary N) is 1. The fourth-order valence-corrected chi connectivity index (χ4v) is 5.60. The van der Waals surface area contributed by atoms with Gasteiger partial charge < -0.3 is 0 Å². The van der Waals surface area contributed by atoms with E-state index in [1.165, 1.54) is 0 Å². The van der Waals surface area contributed by atoms with Gasteiger partial charge in [-0.25, -0.2) is 13.1 Å². The normalized spacial score (nSPS) is 13.1. The molecule has 1 N–H and O–H groups in total. The minimum Gasteiger partial charge on any atom is -0.299 e. The van der Waals surface area contributed by atoms with Gasteiger partial charge in [-0.3, -0.25) is 9.36 Å². The van der Waals surface area contributed by atoms with E-state index in [1.54, 1.807) is 22.8 Å². The van der Waals surface area contributed by atoms with E-state index in [9.17, 15) is 13.2 Å². The van der Waals surface area contributed by atoms with Gasteiger partial charge in [-0.15, -0.1) is 0 Å². The molecule has 1 aromatic heterocycles. The highest BCUT2D eigenvalue weighted by molar-refractivity contribution is 7.89. The summed E-state index contributed by atoms with van der Waals surface area (Å²) in [5, 5.41) is 0. The molecule has 7 heteroatoms. The van der Waals surface area contributed by atoms with Crippen LogP contribution in [0.25, 0.3) is 10.2 Å². The minimum absolute atomic E-state index is 0.0549. The zero-order valence-corrected chi connectivity index (χ0v) is 17.4. The van der Waals surface area contributed by atoms with Gasteiger partial charge in [0.05, 0.1) is 15.1 Å². The molecule has 5 nitrogen and oxygen atoms in total. The Morgan fingerprint density at radius 2 is 1.89 bits per heavy atom. The topological polar surface area (TPSA) is 68.2 Å². The number of thiazole rings is 1. The van der Waals surface area contributed by atoms with Gasteiger partial charge in [0.15, 0.2) is 0 Å². The molecule has 1 unspecified atom stereocenters.